The average molecular weight is 319 g/mol. The predicted octanol–water partition coefficient (Wildman–Crippen LogP) is 3.74. The summed E-state index contributed by atoms with van der Waals surface area (Å²) in [5, 5.41) is 1.12. The van der Waals surface area contributed by atoms with E-state index < -0.39 is 0 Å². The van der Waals surface area contributed by atoms with E-state index in [0.717, 1.165) is 31.7 Å². The summed E-state index contributed by atoms with van der Waals surface area (Å²) >= 11 is 12.2. The van der Waals surface area contributed by atoms with Gasteiger partial charge in [0.1, 0.15) is 0 Å². The van der Waals surface area contributed by atoms with Crippen LogP contribution in [-0.2, 0) is 4.74 Å². The number of hydrogen-bond acceptors (Lipinski definition) is 3. The van der Waals surface area contributed by atoms with E-state index in [4.69, 9.17) is 33.7 Å². The lowest BCUT2D eigenvalue weighted by atomic mass is 10.0. The van der Waals surface area contributed by atoms with E-state index in [0.29, 0.717) is 16.1 Å². The molecular formula is C15H24Cl2N2O. The van der Waals surface area contributed by atoms with Gasteiger partial charge < -0.3 is 10.5 Å². The molecule has 0 saturated heterocycles. The van der Waals surface area contributed by atoms with Crippen molar-refractivity contribution < 1.29 is 4.74 Å². The van der Waals surface area contributed by atoms with E-state index in [9.17, 15) is 0 Å². The monoisotopic (exact) mass is 318 g/mol. The SMILES string of the molecule is CCN(CCC(N)c1cccc(Cl)c1Cl)C(C)COC. The number of nitrogens with two attached hydrogens (primary N) is 1. The zero-order valence-corrected chi connectivity index (χ0v) is 13.9. The summed E-state index contributed by atoms with van der Waals surface area (Å²) in [4.78, 5) is 2.35. The lowest BCUT2D eigenvalue weighted by Gasteiger charge is -2.28. The number of methoxy groups -OCH3 is 1. The zero-order chi connectivity index (χ0) is 15.1. The highest BCUT2D eigenvalue weighted by atomic mass is 35.5. The van der Waals surface area contributed by atoms with Crippen molar-refractivity contribution in [2.24, 2.45) is 5.73 Å². The van der Waals surface area contributed by atoms with Crippen LogP contribution in [0.5, 0.6) is 0 Å². The summed E-state index contributed by atoms with van der Waals surface area (Å²) in [5.74, 6) is 0. The summed E-state index contributed by atoms with van der Waals surface area (Å²) in [6.07, 6.45) is 0.835. The van der Waals surface area contributed by atoms with Gasteiger partial charge in [-0.25, -0.2) is 0 Å². The van der Waals surface area contributed by atoms with Crippen LogP contribution in [0, 0.1) is 0 Å². The Morgan fingerprint density at radius 1 is 1.35 bits per heavy atom. The molecule has 1 aromatic carbocycles. The fraction of sp³-hybridized carbons (Fsp3) is 0.600. The molecule has 0 aliphatic rings. The van der Waals surface area contributed by atoms with Gasteiger partial charge in [0.25, 0.3) is 0 Å². The van der Waals surface area contributed by atoms with Crippen molar-refractivity contribution in [1.29, 1.82) is 0 Å². The third kappa shape index (κ3) is 4.90. The summed E-state index contributed by atoms with van der Waals surface area (Å²) in [7, 11) is 1.72. The van der Waals surface area contributed by atoms with Gasteiger partial charge in [-0.15, -0.1) is 0 Å². The minimum Gasteiger partial charge on any atom is -0.383 e. The molecular weight excluding hydrogens is 295 g/mol. The predicted molar refractivity (Wildman–Crippen MR) is 86.6 cm³/mol. The van der Waals surface area contributed by atoms with Gasteiger partial charge in [0.2, 0.25) is 0 Å². The van der Waals surface area contributed by atoms with E-state index in [1.807, 2.05) is 12.1 Å². The number of rotatable bonds is 8. The highest BCUT2D eigenvalue weighted by molar-refractivity contribution is 6.42. The van der Waals surface area contributed by atoms with Crippen molar-refractivity contribution in [3.63, 3.8) is 0 Å². The van der Waals surface area contributed by atoms with Crippen LogP contribution in [0.3, 0.4) is 0 Å². The van der Waals surface area contributed by atoms with Crippen molar-refractivity contribution in [3.05, 3.63) is 33.8 Å². The quantitative estimate of drug-likeness (QED) is 0.793. The first-order valence-electron chi connectivity index (χ1n) is 6.93. The summed E-state index contributed by atoms with van der Waals surface area (Å²) in [5.41, 5.74) is 7.15. The Morgan fingerprint density at radius 2 is 2.05 bits per heavy atom. The molecule has 2 atom stereocenters. The Balaban J connectivity index is 2.61. The minimum atomic E-state index is -0.106. The molecule has 2 N–H and O–H groups in total. The largest absolute Gasteiger partial charge is 0.383 e. The van der Waals surface area contributed by atoms with Gasteiger partial charge in [-0.3, -0.25) is 4.90 Å². The smallest absolute Gasteiger partial charge is 0.0640 e. The second kappa shape index (κ2) is 8.85. The highest BCUT2D eigenvalue weighted by Gasteiger charge is 2.16. The Kier molecular flexibility index (Phi) is 7.85. The molecule has 0 saturated carbocycles. The number of benzene rings is 1. The van der Waals surface area contributed by atoms with Crippen molar-refractivity contribution in [3.8, 4) is 0 Å². The van der Waals surface area contributed by atoms with Crippen molar-refractivity contribution in [2.45, 2.75) is 32.4 Å². The van der Waals surface area contributed by atoms with Crippen LogP contribution in [0.2, 0.25) is 10.0 Å². The summed E-state index contributed by atoms with van der Waals surface area (Å²) < 4.78 is 5.20. The van der Waals surface area contributed by atoms with Gasteiger partial charge in [-0.2, -0.15) is 0 Å². The van der Waals surface area contributed by atoms with Crippen LogP contribution < -0.4 is 5.73 Å². The van der Waals surface area contributed by atoms with Gasteiger partial charge in [0, 0.05) is 25.7 Å². The maximum atomic E-state index is 6.24. The molecule has 0 heterocycles. The Hall–Kier alpha value is -0.320. The number of halogens is 2. The molecule has 0 bridgehead atoms. The highest BCUT2D eigenvalue weighted by Crippen LogP contribution is 2.30. The maximum Gasteiger partial charge on any atom is 0.0640 e. The normalized spacial score (nSPS) is 14.6. The molecule has 0 aromatic heterocycles. The van der Waals surface area contributed by atoms with Gasteiger partial charge in [0.05, 0.1) is 16.7 Å². The van der Waals surface area contributed by atoms with Crippen LogP contribution >= 0.6 is 23.2 Å². The first kappa shape index (κ1) is 17.7. The molecule has 0 amide bonds. The van der Waals surface area contributed by atoms with E-state index >= 15 is 0 Å². The van der Waals surface area contributed by atoms with Crippen LogP contribution in [0.4, 0.5) is 0 Å². The van der Waals surface area contributed by atoms with Gasteiger partial charge in [-0.1, -0.05) is 42.3 Å². The van der Waals surface area contributed by atoms with E-state index in [2.05, 4.69) is 18.7 Å². The fourth-order valence-electron chi connectivity index (χ4n) is 2.30. The molecule has 2 unspecified atom stereocenters. The molecule has 3 nitrogen and oxygen atoms in total. The summed E-state index contributed by atoms with van der Waals surface area (Å²) in [6, 6.07) is 5.87. The second-order valence-corrected chi connectivity index (χ2v) is 5.76. The van der Waals surface area contributed by atoms with Crippen LogP contribution in [-0.4, -0.2) is 37.7 Å². The number of nitrogens with zero attached hydrogens (tertiary/aromatic N) is 1. The minimum absolute atomic E-state index is 0.106. The van der Waals surface area contributed by atoms with Gasteiger partial charge in [0.15, 0.2) is 0 Å². The molecule has 114 valence electrons. The summed E-state index contributed by atoms with van der Waals surface area (Å²) in [6.45, 7) is 6.90. The van der Waals surface area contributed by atoms with Crippen molar-refractivity contribution in [1.82, 2.24) is 4.90 Å². The van der Waals surface area contributed by atoms with E-state index in [-0.39, 0.29) is 6.04 Å². The third-order valence-electron chi connectivity index (χ3n) is 3.55. The standard InChI is InChI=1S/C15H24Cl2N2O/c1-4-19(11(2)10-20-3)9-8-14(18)12-6-5-7-13(16)15(12)17/h5-7,11,14H,4,8-10,18H2,1-3H3. The van der Waals surface area contributed by atoms with Crippen LogP contribution in [0.15, 0.2) is 18.2 Å². The fourth-order valence-corrected chi connectivity index (χ4v) is 2.75. The van der Waals surface area contributed by atoms with Crippen molar-refractivity contribution in [2.75, 3.05) is 26.8 Å². The van der Waals surface area contributed by atoms with Crippen LogP contribution in [0.1, 0.15) is 31.9 Å². The molecule has 0 fully saturated rings. The average Bonchev–Trinajstić information content (AvgIpc) is 2.42. The van der Waals surface area contributed by atoms with Crippen molar-refractivity contribution >= 4 is 23.2 Å². The Labute approximate surface area is 132 Å². The molecule has 0 aliphatic carbocycles. The first-order valence-corrected chi connectivity index (χ1v) is 7.69. The molecule has 5 heteroatoms. The third-order valence-corrected chi connectivity index (χ3v) is 4.38. The van der Waals surface area contributed by atoms with E-state index in [1.165, 1.54) is 0 Å². The van der Waals surface area contributed by atoms with E-state index in [1.54, 1.807) is 13.2 Å². The molecule has 20 heavy (non-hydrogen) atoms. The first-order chi connectivity index (χ1) is 9.51. The molecule has 0 aliphatic heterocycles. The Bertz CT molecular complexity index is 415. The second-order valence-electron chi connectivity index (χ2n) is 4.97. The van der Waals surface area contributed by atoms with Gasteiger partial charge in [-0.05, 0) is 31.5 Å². The molecule has 1 aromatic rings. The number of hydrogen-bond donors (Lipinski definition) is 1. The molecule has 1 rings (SSSR count). The lowest BCUT2D eigenvalue weighted by molar-refractivity contribution is 0.101. The topological polar surface area (TPSA) is 38.5 Å². The van der Waals surface area contributed by atoms with Gasteiger partial charge >= 0.3 is 0 Å². The van der Waals surface area contributed by atoms with Crippen LogP contribution in [0.25, 0.3) is 0 Å². The maximum absolute atomic E-state index is 6.24. The number of ether oxygens (including phenoxy) is 1. The number of likely N-dealkylation sites (N-methyl/N-ethyl adjacent to an activating group) is 1. The molecule has 0 radical (unpaired) electrons. The zero-order valence-electron chi connectivity index (χ0n) is 12.4. The Morgan fingerprint density at radius 3 is 2.65 bits per heavy atom. The molecule has 0 spiro atoms. The lowest BCUT2D eigenvalue weighted by Crippen LogP contribution is -2.37.